The van der Waals surface area contributed by atoms with E-state index in [1.54, 1.807) is 12.3 Å². The second-order valence-electron chi connectivity index (χ2n) is 6.36. The lowest BCUT2D eigenvalue weighted by molar-refractivity contribution is -0.140. The van der Waals surface area contributed by atoms with Crippen LogP contribution in [0.1, 0.15) is 5.69 Å². The maximum atomic E-state index is 13.7. The number of hydrogen-bond donors (Lipinski definition) is 0. The fourth-order valence-corrected chi connectivity index (χ4v) is 5.54. The molecule has 1 saturated heterocycles. The highest BCUT2D eigenvalue weighted by Gasteiger charge is 2.35. The number of carbonyl (C=O) groups is 1. The number of benzene rings is 1. The van der Waals surface area contributed by atoms with Gasteiger partial charge in [-0.2, -0.15) is 0 Å². The number of aromatic nitrogens is 1. The van der Waals surface area contributed by atoms with Gasteiger partial charge in [0, 0.05) is 18.1 Å². The molecule has 0 spiro atoms. The fourth-order valence-electron chi connectivity index (χ4n) is 3.03. The van der Waals surface area contributed by atoms with Crippen LogP contribution in [-0.4, -0.2) is 36.6 Å². The number of methoxy groups -OCH3 is 1. The standard InChI is InChI=1S/C21H18FN3O2S2/c1-13-20(21-24(2)16-8-7-14(22)10-17(16)28-21)29-18(25(13)12-19(26)27-3)11-15-6-4-5-9-23-15/h4-11H,1,12H2,2-3H3. The highest BCUT2D eigenvalue weighted by molar-refractivity contribution is 8.09. The molecule has 29 heavy (non-hydrogen) atoms. The van der Waals surface area contributed by atoms with Gasteiger partial charge in [-0.15, -0.1) is 0 Å². The summed E-state index contributed by atoms with van der Waals surface area (Å²) in [5, 5.41) is 1.78. The molecule has 148 valence electrons. The Morgan fingerprint density at radius 3 is 2.86 bits per heavy atom. The summed E-state index contributed by atoms with van der Waals surface area (Å²) in [6.07, 6.45) is 3.63. The van der Waals surface area contributed by atoms with Gasteiger partial charge in [-0.3, -0.25) is 9.78 Å². The molecule has 2 aliphatic heterocycles. The first kappa shape index (κ1) is 19.6. The van der Waals surface area contributed by atoms with Crippen LogP contribution in [0.4, 0.5) is 10.1 Å². The first-order chi connectivity index (χ1) is 14.0. The van der Waals surface area contributed by atoms with Crippen molar-refractivity contribution in [1.29, 1.82) is 0 Å². The minimum Gasteiger partial charge on any atom is -0.468 e. The Morgan fingerprint density at radius 2 is 2.14 bits per heavy atom. The van der Waals surface area contributed by atoms with Gasteiger partial charge in [0.15, 0.2) is 0 Å². The van der Waals surface area contributed by atoms with Gasteiger partial charge in [0.1, 0.15) is 12.4 Å². The Kier molecular flexibility index (Phi) is 5.38. The van der Waals surface area contributed by atoms with E-state index in [0.717, 1.165) is 31.2 Å². The average Bonchev–Trinajstić information content (AvgIpc) is 3.19. The van der Waals surface area contributed by atoms with Crippen molar-refractivity contribution in [2.75, 3.05) is 25.6 Å². The zero-order chi connectivity index (χ0) is 20.5. The Balaban J connectivity index is 1.74. The lowest BCUT2D eigenvalue weighted by Gasteiger charge is -2.19. The van der Waals surface area contributed by atoms with Crippen LogP contribution in [0.5, 0.6) is 0 Å². The van der Waals surface area contributed by atoms with Crippen LogP contribution in [0.15, 0.2) is 74.7 Å². The molecule has 0 radical (unpaired) electrons. The van der Waals surface area contributed by atoms with Crippen molar-refractivity contribution in [3.63, 3.8) is 0 Å². The van der Waals surface area contributed by atoms with Crippen molar-refractivity contribution in [2.45, 2.75) is 4.90 Å². The summed E-state index contributed by atoms with van der Waals surface area (Å²) in [7, 11) is 3.31. The molecule has 2 aliphatic rings. The third-order valence-electron chi connectivity index (χ3n) is 4.52. The molecule has 8 heteroatoms. The monoisotopic (exact) mass is 427 g/mol. The molecule has 4 rings (SSSR count). The second-order valence-corrected chi connectivity index (χ2v) is 8.42. The van der Waals surface area contributed by atoms with Gasteiger partial charge in [-0.25, -0.2) is 4.39 Å². The summed E-state index contributed by atoms with van der Waals surface area (Å²) in [5.41, 5.74) is 2.42. The van der Waals surface area contributed by atoms with E-state index in [4.69, 9.17) is 4.74 Å². The molecule has 5 nitrogen and oxygen atoms in total. The van der Waals surface area contributed by atoms with E-state index < -0.39 is 0 Å². The third-order valence-corrected chi connectivity index (χ3v) is 7.05. The molecule has 0 atom stereocenters. The van der Waals surface area contributed by atoms with Gasteiger partial charge < -0.3 is 14.5 Å². The number of fused-ring (bicyclic) bond motifs is 1. The van der Waals surface area contributed by atoms with Crippen molar-refractivity contribution in [1.82, 2.24) is 9.88 Å². The largest absolute Gasteiger partial charge is 0.468 e. The molecule has 2 aromatic rings. The van der Waals surface area contributed by atoms with Gasteiger partial charge in [0.25, 0.3) is 0 Å². The summed E-state index contributed by atoms with van der Waals surface area (Å²) >= 11 is 3.01. The van der Waals surface area contributed by atoms with Crippen LogP contribution < -0.4 is 4.90 Å². The number of anilines is 1. The Bertz CT molecular complexity index is 1050. The van der Waals surface area contributed by atoms with E-state index >= 15 is 0 Å². The molecule has 0 unspecified atom stereocenters. The van der Waals surface area contributed by atoms with E-state index in [-0.39, 0.29) is 18.3 Å². The Hall–Kier alpha value is -2.71. The van der Waals surface area contributed by atoms with E-state index in [1.807, 2.05) is 41.1 Å². The van der Waals surface area contributed by atoms with Gasteiger partial charge in [0.05, 0.1) is 39.2 Å². The van der Waals surface area contributed by atoms with Crippen molar-refractivity contribution < 1.29 is 13.9 Å². The number of halogens is 1. The smallest absolute Gasteiger partial charge is 0.325 e. The number of carbonyl (C=O) groups excluding carboxylic acids is 1. The molecular formula is C21H18FN3O2S2. The topological polar surface area (TPSA) is 45.7 Å². The molecule has 0 saturated carbocycles. The number of hydrogen-bond acceptors (Lipinski definition) is 7. The predicted octanol–water partition coefficient (Wildman–Crippen LogP) is 4.67. The summed E-state index contributed by atoms with van der Waals surface area (Å²) in [5.74, 6) is -0.625. The Labute approximate surface area is 176 Å². The zero-order valence-electron chi connectivity index (χ0n) is 15.9. The highest BCUT2D eigenvalue weighted by Crippen LogP contribution is 2.54. The SMILES string of the molecule is C=C1C(=C2Sc3cc(F)ccc3N2C)SC(=Cc2ccccn2)N1CC(=O)OC. The van der Waals surface area contributed by atoms with E-state index in [0.29, 0.717) is 5.70 Å². The minimum absolute atomic E-state index is 0.0493. The molecule has 1 aromatic heterocycles. The van der Waals surface area contributed by atoms with E-state index in [1.165, 1.54) is 42.8 Å². The molecule has 0 aliphatic carbocycles. The predicted molar refractivity (Wildman–Crippen MR) is 115 cm³/mol. The number of esters is 1. The van der Waals surface area contributed by atoms with Crippen LogP contribution in [0.3, 0.4) is 0 Å². The van der Waals surface area contributed by atoms with Gasteiger partial charge in [-0.05, 0) is 36.4 Å². The number of thioether (sulfide) groups is 2. The van der Waals surface area contributed by atoms with Crippen LogP contribution in [0.25, 0.3) is 6.08 Å². The summed E-state index contributed by atoms with van der Waals surface area (Å²) in [6.45, 7) is 4.27. The fraction of sp³-hybridized carbons (Fsp3) is 0.143. The molecule has 1 fully saturated rings. The number of nitrogens with zero attached hydrogens (tertiary/aromatic N) is 3. The third kappa shape index (κ3) is 3.77. The highest BCUT2D eigenvalue weighted by atomic mass is 32.2. The molecule has 0 amide bonds. The first-order valence-corrected chi connectivity index (χ1v) is 10.4. The summed E-state index contributed by atoms with van der Waals surface area (Å²) in [4.78, 5) is 21.9. The van der Waals surface area contributed by atoms with E-state index in [9.17, 15) is 9.18 Å². The molecule has 1 aromatic carbocycles. The molecule has 0 N–H and O–H groups in total. The molecule has 3 heterocycles. The van der Waals surface area contributed by atoms with Gasteiger partial charge in [-0.1, -0.05) is 36.2 Å². The number of rotatable bonds is 3. The van der Waals surface area contributed by atoms with Crippen molar-refractivity contribution in [3.8, 4) is 0 Å². The maximum absolute atomic E-state index is 13.7. The van der Waals surface area contributed by atoms with Crippen LogP contribution in [0.2, 0.25) is 0 Å². The normalized spacial score (nSPS) is 19.8. The number of pyridine rings is 1. The maximum Gasteiger partial charge on any atom is 0.325 e. The van der Waals surface area contributed by atoms with E-state index in [2.05, 4.69) is 11.6 Å². The molecule has 0 bridgehead atoms. The van der Waals surface area contributed by atoms with Crippen molar-refractivity contribution in [2.24, 2.45) is 0 Å². The van der Waals surface area contributed by atoms with Crippen molar-refractivity contribution in [3.05, 3.63) is 81.3 Å². The first-order valence-electron chi connectivity index (χ1n) is 8.77. The van der Waals surface area contributed by atoms with Crippen LogP contribution in [-0.2, 0) is 9.53 Å². The minimum atomic E-state index is -0.359. The summed E-state index contributed by atoms with van der Waals surface area (Å²) in [6, 6.07) is 10.4. The number of ether oxygens (including phenoxy) is 1. The Morgan fingerprint density at radius 1 is 1.31 bits per heavy atom. The molecular weight excluding hydrogens is 409 g/mol. The second kappa shape index (κ2) is 7.96. The van der Waals surface area contributed by atoms with Gasteiger partial charge in [0.2, 0.25) is 0 Å². The van der Waals surface area contributed by atoms with Gasteiger partial charge >= 0.3 is 5.97 Å². The summed E-state index contributed by atoms with van der Waals surface area (Å²) < 4.78 is 18.5. The lowest BCUT2D eigenvalue weighted by Crippen LogP contribution is -2.25. The quantitative estimate of drug-likeness (QED) is 0.660. The van der Waals surface area contributed by atoms with Crippen LogP contribution >= 0.6 is 23.5 Å². The average molecular weight is 428 g/mol. The zero-order valence-corrected chi connectivity index (χ0v) is 17.5. The lowest BCUT2D eigenvalue weighted by atomic mass is 10.3. The van der Waals surface area contributed by atoms with Crippen molar-refractivity contribution >= 4 is 41.3 Å². The van der Waals surface area contributed by atoms with Crippen LogP contribution in [0, 0.1) is 5.82 Å².